The molecular weight excluding hydrogens is 252 g/mol. The Balaban J connectivity index is 1.93. The molecule has 0 aliphatic heterocycles. The SMILES string of the molecule is CCN(C(=O)COc1cccc(CN)c1)C1=CCCC1. The lowest BCUT2D eigenvalue weighted by Crippen LogP contribution is -2.33. The van der Waals surface area contributed by atoms with E-state index in [0.29, 0.717) is 18.8 Å². The Labute approximate surface area is 120 Å². The van der Waals surface area contributed by atoms with Gasteiger partial charge in [0.15, 0.2) is 6.61 Å². The number of carbonyl (C=O) groups is 1. The molecule has 1 amide bonds. The van der Waals surface area contributed by atoms with Crippen molar-refractivity contribution in [1.82, 2.24) is 4.90 Å². The zero-order chi connectivity index (χ0) is 14.4. The van der Waals surface area contributed by atoms with Crippen molar-refractivity contribution in [1.29, 1.82) is 0 Å². The number of hydrogen-bond donors (Lipinski definition) is 1. The van der Waals surface area contributed by atoms with Crippen molar-refractivity contribution in [3.8, 4) is 5.75 Å². The van der Waals surface area contributed by atoms with Crippen molar-refractivity contribution in [2.45, 2.75) is 32.7 Å². The molecule has 0 heterocycles. The highest BCUT2D eigenvalue weighted by atomic mass is 16.5. The second kappa shape index (κ2) is 7.10. The van der Waals surface area contributed by atoms with Gasteiger partial charge in [-0.15, -0.1) is 0 Å². The predicted octanol–water partition coefficient (Wildman–Crippen LogP) is 2.44. The summed E-state index contributed by atoms with van der Waals surface area (Å²) >= 11 is 0. The Morgan fingerprint density at radius 2 is 2.30 bits per heavy atom. The standard InChI is InChI=1S/C16H22N2O2/c1-2-18(14-7-3-4-8-14)16(19)12-20-15-9-5-6-13(10-15)11-17/h5-7,9-10H,2-4,8,11-12,17H2,1H3. The average molecular weight is 274 g/mol. The van der Waals surface area contributed by atoms with Crippen LogP contribution in [0.15, 0.2) is 36.0 Å². The highest BCUT2D eigenvalue weighted by Crippen LogP contribution is 2.21. The molecule has 0 unspecified atom stereocenters. The van der Waals surface area contributed by atoms with Crippen molar-refractivity contribution in [2.24, 2.45) is 5.73 Å². The van der Waals surface area contributed by atoms with E-state index in [1.54, 1.807) is 0 Å². The molecule has 0 aromatic heterocycles. The first-order valence-corrected chi connectivity index (χ1v) is 7.15. The summed E-state index contributed by atoms with van der Waals surface area (Å²) in [6, 6.07) is 7.55. The average Bonchev–Trinajstić information content (AvgIpc) is 3.00. The lowest BCUT2D eigenvalue weighted by Gasteiger charge is -2.22. The van der Waals surface area contributed by atoms with Crippen LogP contribution >= 0.6 is 0 Å². The zero-order valence-electron chi connectivity index (χ0n) is 12.0. The molecule has 0 saturated carbocycles. The van der Waals surface area contributed by atoms with Crippen LogP contribution in [0, 0.1) is 0 Å². The van der Waals surface area contributed by atoms with E-state index in [2.05, 4.69) is 6.08 Å². The van der Waals surface area contributed by atoms with Gasteiger partial charge in [0.25, 0.3) is 5.91 Å². The maximum Gasteiger partial charge on any atom is 0.264 e. The van der Waals surface area contributed by atoms with E-state index in [1.165, 1.54) is 0 Å². The summed E-state index contributed by atoms with van der Waals surface area (Å²) in [6.45, 7) is 3.22. The van der Waals surface area contributed by atoms with Gasteiger partial charge in [-0.05, 0) is 43.9 Å². The number of rotatable bonds is 6. The number of nitrogens with two attached hydrogens (primary N) is 1. The van der Waals surface area contributed by atoms with E-state index in [0.717, 1.165) is 30.5 Å². The lowest BCUT2D eigenvalue weighted by atomic mass is 10.2. The third-order valence-electron chi connectivity index (χ3n) is 3.48. The molecule has 4 nitrogen and oxygen atoms in total. The highest BCUT2D eigenvalue weighted by molar-refractivity contribution is 5.79. The molecule has 1 aromatic rings. The molecule has 4 heteroatoms. The van der Waals surface area contributed by atoms with E-state index in [4.69, 9.17) is 10.5 Å². The summed E-state index contributed by atoms with van der Waals surface area (Å²) in [5.41, 5.74) is 7.73. The molecule has 1 aromatic carbocycles. The molecule has 0 fully saturated rings. The number of benzene rings is 1. The van der Waals surface area contributed by atoms with Crippen molar-refractivity contribution in [2.75, 3.05) is 13.2 Å². The third kappa shape index (κ3) is 3.61. The second-order valence-corrected chi connectivity index (χ2v) is 4.87. The molecule has 0 bridgehead atoms. The quantitative estimate of drug-likeness (QED) is 0.867. The monoisotopic (exact) mass is 274 g/mol. The van der Waals surface area contributed by atoms with Crippen LogP contribution in [0.1, 0.15) is 31.7 Å². The summed E-state index contributed by atoms with van der Waals surface area (Å²) < 4.78 is 5.58. The largest absolute Gasteiger partial charge is 0.484 e. The Hall–Kier alpha value is -1.81. The topological polar surface area (TPSA) is 55.6 Å². The van der Waals surface area contributed by atoms with Crippen molar-refractivity contribution in [3.05, 3.63) is 41.6 Å². The summed E-state index contributed by atoms with van der Waals surface area (Å²) in [5.74, 6) is 0.705. The van der Waals surface area contributed by atoms with Crippen LogP contribution in [-0.4, -0.2) is 24.0 Å². The molecule has 0 saturated heterocycles. The number of likely N-dealkylation sites (N-methyl/N-ethyl adjacent to an activating group) is 1. The number of hydrogen-bond acceptors (Lipinski definition) is 3. The molecular formula is C16H22N2O2. The molecule has 2 N–H and O–H groups in total. The van der Waals surface area contributed by atoms with Gasteiger partial charge >= 0.3 is 0 Å². The van der Waals surface area contributed by atoms with Crippen molar-refractivity contribution < 1.29 is 9.53 Å². The Morgan fingerprint density at radius 3 is 2.95 bits per heavy atom. The van der Waals surface area contributed by atoms with Gasteiger partial charge in [0.05, 0.1) is 0 Å². The normalized spacial score (nSPS) is 14.0. The fourth-order valence-corrected chi connectivity index (χ4v) is 2.42. The molecule has 0 spiro atoms. The van der Waals surface area contributed by atoms with E-state index < -0.39 is 0 Å². The predicted molar refractivity (Wildman–Crippen MR) is 79.1 cm³/mol. The number of carbonyl (C=O) groups excluding carboxylic acids is 1. The fraction of sp³-hybridized carbons (Fsp3) is 0.438. The lowest BCUT2D eigenvalue weighted by molar-refractivity contribution is -0.131. The van der Waals surface area contributed by atoms with Gasteiger partial charge in [0.2, 0.25) is 0 Å². The van der Waals surface area contributed by atoms with Gasteiger partial charge in [-0.25, -0.2) is 0 Å². The van der Waals surface area contributed by atoms with E-state index >= 15 is 0 Å². The van der Waals surface area contributed by atoms with Crippen LogP contribution in [-0.2, 0) is 11.3 Å². The second-order valence-electron chi connectivity index (χ2n) is 4.87. The summed E-state index contributed by atoms with van der Waals surface area (Å²) in [7, 11) is 0. The van der Waals surface area contributed by atoms with Gasteiger partial charge in [0.1, 0.15) is 5.75 Å². The van der Waals surface area contributed by atoms with Crippen molar-refractivity contribution >= 4 is 5.91 Å². The van der Waals surface area contributed by atoms with Crippen LogP contribution in [0.3, 0.4) is 0 Å². The smallest absolute Gasteiger partial charge is 0.264 e. The first-order valence-electron chi connectivity index (χ1n) is 7.15. The summed E-state index contributed by atoms with van der Waals surface area (Å²) in [6.07, 6.45) is 5.34. The van der Waals surface area contributed by atoms with Crippen molar-refractivity contribution in [3.63, 3.8) is 0 Å². The zero-order valence-corrected chi connectivity index (χ0v) is 12.0. The maximum absolute atomic E-state index is 12.2. The fourth-order valence-electron chi connectivity index (χ4n) is 2.42. The van der Waals surface area contributed by atoms with Gasteiger partial charge in [0, 0.05) is 18.8 Å². The Bertz CT molecular complexity index is 497. The minimum absolute atomic E-state index is 0.0128. The van der Waals surface area contributed by atoms with Gasteiger partial charge < -0.3 is 15.4 Å². The van der Waals surface area contributed by atoms with Gasteiger partial charge in [-0.3, -0.25) is 4.79 Å². The van der Waals surface area contributed by atoms with Crippen LogP contribution in [0.2, 0.25) is 0 Å². The van der Waals surface area contributed by atoms with Gasteiger partial charge in [-0.1, -0.05) is 18.2 Å². The van der Waals surface area contributed by atoms with Crippen LogP contribution < -0.4 is 10.5 Å². The molecule has 0 atom stereocenters. The number of nitrogens with zero attached hydrogens (tertiary/aromatic N) is 1. The molecule has 2 rings (SSSR count). The number of allylic oxidation sites excluding steroid dienone is 2. The molecule has 20 heavy (non-hydrogen) atoms. The molecule has 1 aliphatic rings. The first-order chi connectivity index (χ1) is 9.74. The number of amides is 1. The van der Waals surface area contributed by atoms with E-state index in [-0.39, 0.29) is 12.5 Å². The van der Waals surface area contributed by atoms with Crippen LogP contribution in [0.25, 0.3) is 0 Å². The van der Waals surface area contributed by atoms with E-state index in [9.17, 15) is 4.79 Å². The Morgan fingerprint density at radius 1 is 1.45 bits per heavy atom. The first kappa shape index (κ1) is 14.6. The molecule has 108 valence electrons. The summed E-state index contributed by atoms with van der Waals surface area (Å²) in [5, 5.41) is 0. The molecule has 1 aliphatic carbocycles. The maximum atomic E-state index is 12.2. The van der Waals surface area contributed by atoms with Crippen LogP contribution in [0.5, 0.6) is 5.75 Å². The molecule has 0 radical (unpaired) electrons. The van der Waals surface area contributed by atoms with E-state index in [1.807, 2.05) is 36.1 Å². The van der Waals surface area contributed by atoms with Crippen LogP contribution in [0.4, 0.5) is 0 Å². The third-order valence-corrected chi connectivity index (χ3v) is 3.48. The van der Waals surface area contributed by atoms with Gasteiger partial charge in [-0.2, -0.15) is 0 Å². The number of ether oxygens (including phenoxy) is 1. The minimum atomic E-state index is 0.0128. The Kier molecular flexibility index (Phi) is 5.18. The minimum Gasteiger partial charge on any atom is -0.484 e. The summed E-state index contributed by atoms with van der Waals surface area (Å²) in [4.78, 5) is 14.0. The highest BCUT2D eigenvalue weighted by Gasteiger charge is 2.18.